The topological polar surface area (TPSA) is 30.5 Å². The number of benzene rings is 1. The number of hydrogen-bond acceptors (Lipinski definition) is 3. The van der Waals surface area contributed by atoms with Crippen molar-refractivity contribution in [3.05, 3.63) is 35.9 Å². The summed E-state index contributed by atoms with van der Waals surface area (Å²) in [6, 6.07) is 6.55. The van der Waals surface area contributed by atoms with Crippen molar-refractivity contribution in [1.29, 1.82) is 0 Å². The van der Waals surface area contributed by atoms with Crippen LogP contribution in [-0.2, 0) is 0 Å². The lowest BCUT2D eigenvalue weighted by Gasteiger charge is -2.21. The molecule has 0 saturated heterocycles. The molecule has 0 amide bonds. The van der Waals surface area contributed by atoms with E-state index in [1.807, 2.05) is 6.07 Å². The zero-order valence-electron chi connectivity index (χ0n) is 11.4. The summed E-state index contributed by atoms with van der Waals surface area (Å²) in [6.45, 7) is 3.63. The molecule has 0 saturated carbocycles. The van der Waals surface area contributed by atoms with Crippen LogP contribution in [0.1, 0.15) is 37.8 Å². The van der Waals surface area contributed by atoms with Gasteiger partial charge in [0.2, 0.25) is 6.79 Å². The fourth-order valence-electron chi connectivity index (χ4n) is 2.69. The first-order chi connectivity index (χ1) is 9.33. The summed E-state index contributed by atoms with van der Waals surface area (Å²) in [5.74, 6) is 2.50. The molecule has 1 aromatic carbocycles. The van der Waals surface area contributed by atoms with Gasteiger partial charge in [-0.1, -0.05) is 18.2 Å². The van der Waals surface area contributed by atoms with Crippen molar-refractivity contribution in [2.45, 2.75) is 32.2 Å². The van der Waals surface area contributed by atoms with Crippen LogP contribution >= 0.6 is 0 Å². The highest BCUT2D eigenvalue weighted by Gasteiger charge is 2.16. The number of fused-ring (bicyclic) bond motifs is 1. The summed E-state index contributed by atoms with van der Waals surface area (Å²) >= 11 is 0. The first kappa shape index (κ1) is 12.5. The number of nitrogens with one attached hydrogen (secondary N) is 1. The van der Waals surface area contributed by atoms with Gasteiger partial charge in [-0.15, -0.1) is 0 Å². The molecule has 2 aliphatic rings. The summed E-state index contributed by atoms with van der Waals surface area (Å²) in [6.07, 6.45) is 8.34. The molecule has 1 aromatic rings. The molecule has 1 N–H and O–H groups in total. The molecule has 2 atom stereocenters. The van der Waals surface area contributed by atoms with E-state index in [1.54, 1.807) is 0 Å². The normalized spacial score (nSPS) is 22.5. The highest BCUT2D eigenvalue weighted by atomic mass is 16.7. The van der Waals surface area contributed by atoms with Gasteiger partial charge >= 0.3 is 0 Å². The van der Waals surface area contributed by atoms with Gasteiger partial charge < -0.3 is 14.8 Å². The van der Waals surface area contributed by atoms with E-state index >= 15 is 0 Å². The van der Waals surface area contributed by atoms with Crippen molar-refractivity contribution in [2.24, 2.45) is 5.92 Å². The Morgan fingerprint density at radius 2 is 2.16 bits per heavy atom. The Morgan fingerprint density at radius 3 is 3.00 bits per heavy atom. The van der Waals surface area contributed by atoms with Gasteiger partial charge in [0.05, 0.1) is 0 Å². The highest BCUT2D eigenvalue weighted by molar-refractivity contribution is 5.45. The number of rotatable bonds is 4. The Hall–Kier alpha value is -1.48. The fourth-order valence-corrected chi connectivity index (χ4v) is 2.69. The van der Waals surface area contributed by atoms with Crippen molar-refractivity contribution in [2.75, 3.05) is 13.3 Å². The summed E-state index contributed by atoms with van der Waals surface area (Å²) in [4.78, 5) is 0. The summed E-state index contributed by atoms with van der Waals surface area (Å²) < 4.78 is 10.8. The molecule has 3 nitrogen and oxygen atoms in total. The lowest BCUT2D eigenvalue weighted by Crippen LogP contribution is -2.26. The van der Waals surface area contributed by atoms with Gasteiger partial charge in [-0.05, 0) is 56.3 Å². The predicted octanol–water partition coefficient (Wildman–Crippen LogP) is 3.42. The molecule has 19 heavy (non-hydrogen) atoms. The zero-order chi connectivity index (χ0) is 13.1. The third-order valence-electron chi connectivity index (χ3n) is 3.99. The molecule has 1 heterocycles. The van der Waals surface area contributed by atoms with Gasteiger partial charge in [0.15, 0.2) is 11.5 Å². The maximum Gasteiger partial charge on any atom is 0.231 e. The van der Waals surface area contributed by atoms with Crippen LogP contribution in [0.5, 0.6) is 11.5 Å². The fraction of sp³-hybridized carbons (Fsp3) is 0.500. The average molecular weight is 259 g/mol. The monoisotopic (exact) mass is 259 g/mol. The Morgan fingerprint density at radius 1 is 1.26 bits per heavy atom. The molecule has 0 fully saturated rings. The molecule has 0 spiro atoms. The minimum Gasteiger partial charge on any atom is -0.454 e. The van der Waals surface area contributed by atoms with Crippen LogP contribution in [0.25, 0.3) is 0 Å². The molecule has 0 aromatic heterocycles. The Kier molecular flexibility index (Phi) is 3.74. The van der Waals surface area contributed by atoms with Gasteiger partial charge in [-0.3, -0.25) is 0 Å². The minimum atomic E-state index is 0.342. The van der Waals surface area contributed by atoms with E-state index in [0.29, 0.717) is 12.8 Å². The predicted molar refractivity (Wildman–Crippen MR) is 75.5 cm³/mol. The summed E-state index contributed by atoms with van der Waals surface area (Å²) in [5.41, 5.74) is 1.26. The van der Waals surface area contributed by atoms with Crippen molar-refractivity contribution in [1.82, 2.24) is 5.32 Å². The van der Waals surface area contributed by atoms with E-state index < -0.39 is 0 Å². The quantitative estimate of drug-likeness (QED) is 0.840. The van der Waals surface area contributed by atoms with Crippen LogP contribution in [0, 0.1) is 5.92 Å². The lowest BCUT2D eigenvalue weighted by atomic mass is 9.94. The Bertz CT molecular complexity index is 470. The van der Waals surface area contributed by atoms with Gasteiger partial charge in [-0.25, -0.2) is 0 Å². The van der Waals surface area contributed by atoms with Crippen LogP contribution < -0.4 is 14.8 Å². The molecule has 102 valence electrons. The van der Waals surface area contributed by atoms with Crippen LogP contribution in [0.3, 0.4) is 0 Å². The first-order valence-corrected chi connectivity index (χ1v) is 7.11. The first-order valence-electron chi connectivity index (χ1n) is 7.11. The van der Waals surface area contributed by atoms with E-state index in [2.05, 4.69) is 36.5 Å². The van der Waals surface area contributed by atoms with Gasteiger partial charge in [0, 0.05) is 6.04 Å². The molecular weight excluding hydrogens is 238 g/mol. The average Bonchev–Trinajstić information content (AvgIpc) is 2.93. The molecule has 3 rings (SSSR count). The molecule has 1 aliphatic heterocycles. The van der Waals surface area contributed by atoms with Crippen LogP contribution in [0.15, 0.2) is 30.4 Å². The second kappa shape index (κ2) is 5.66. The maximum atomic E-state index is 5.42. The van der Waals surface area contributed by atoms with Crippen molar-refractivity contribution in [3.8, 4) is 11.5 Å². The Balaban J connectivity index is 1.57. The third kappa shape index (κ3) is 2.92. The minimum absolute atomic E-state index is 0.342. The Labute approximate surface area is 114 Å². The number of ether oxygens (including phenoxy) is 2. The molecule has 0 bridgehead atoms. The number of hydrogen-bond donors (Lipinski definition) is 1. The smallest absolute Gasteiger partial charge is 0.231 e. The van der Waals surface area contributed by atoms with Crippen LogP contribution in [-0.4, -0.2) is 13.3 Å². The highest BCUT2D eigenvalue weighted by Crippen LogP contribution is 2.34. The molecule has 0 radical (unpaired) electrons. The van der Waals surface area contributed by atoms with E-state index in [9.17, 15) is 0 Å². The van der Waals surface area contributed by atoms with E-state index in [0.717, 1.165) is 24.0 Å². The second-order valence-corrected chi connectivity index (χ2v) is 5.39. The second-order valence-electron chi connectivity index (χ2n) is 5.39. The summed E-state index contributed by atoms with van der Waals surface area (Å²) in [5, 5.41) is 3.63. The van der Waals surface area contributed by atoms with Crippen molar-refractivity contribution >= 4 is 0 Å². The van der Waals surface area contributed by atoms with Gasteiger partial charge in [-0.2, -0.15) is 0 Å². The van der Waals surface area contributed by atoms with E-state index in [4.69, 9.17) is 9.47 Å². The van der Waals surface area contributed by atoms with Gasteiger partial charge in [0.25, 0.3) is 0 Å². The number of allylic oxidation sites excluding steroid dienone is 2. The molecule has 2 unspecified atom stereocenters. The SMILES string of the molecule is CC(NCC1CC=CCC1)c1ccc2c(c1)OCO2. The standard InChI is InChI=1S/C16H21NO2/c1-12(17-10-13-5-3-2-4-6-13)14-7-8-15-16(9-14)19-11-18-15/h2-3,7-9,12-13,17H,4-6,10-11H2,1H3. The van der Waals surface area contributed by atoms with Crippen molar-refractivity contribution in [3.63, 3.8) is 0 Å². The van der Waals surface area contributed by atoms with Crippen molar-refractivity contribution < 1.29 is 9.47 Å². The summed E-state index contributed by atoms with van der Waals surface area (Å²) in [7, 11) is 0. The molecular formula is C16H21NO2. The zero-order valence-corrected chi connectivity index (χ0v) is 11.4. The lowest BCUT2D eigenvalue weighted by molar-refractivity contribution is 0.174. The van der Waals surface area contributed by atoms with E-state index in [-0.39, 0.29) is 0 Å². The van der Waals surface area contributed by atoms with Gasteiger partial charge in [0.1, 0.15) is 0 Å². The third-order valence-corrected chi connectivity index (χ3v) is 3.99. The van der Waals surface area contributed by atoms with Crippen LogP contribution in [0.4, 0.5) is 0 Å². The van der Waals surface area contributed by atoms with Crippen LogP contribution in [0.2, 0.25) is 0 Å². The maximum absolute atomic E-state index is 5.42. The van der Waals surface area contributed by atoms with E-state index in [1.165, 1.54) is 24.8 Å². The largest absolute Gasteiger partial charge is 0.454 e. The molecule has 3 heteroatoms. The molecule has 1 aliphatic carbocycles.